The van der Waals surface area contributed by atoms with Crippen molar-refractivity contribution in [1.29, 1.82) is 0 Å². The van der Waals surface area contributed by atoms with Crippen LogP contribution in [0.1, 0.15) is 22.8 Å². The van der Waals surface area contributed by atoms with E-state index in [0.717, 1.165) is 17.8 Å². The zero-order chi connectivity index (χ0) is 15.1. The van der Waals surface area contributed by atoms with E-state index in [1.165, 1.54) is 19.1 Å². The number of fused-ring (bicyclic) bond motifs is 1. The van der Waals surface area contributed by atoms with Crippen molar-refractivity contribution in [3.05, 3.63) is 39.7 Å². The van der Waals surface area contributed by atoms with Gasteiger partial charge in [0.25, 0.3) is 5.56 Å². The second-order valence-corrected chi connectivity index (χ2v) is 4.96. The van der Waals surface area contributed by atoms with Crippen LogP contribution in [0.25, 0.3) is 10.9 Å². The number of H-pyrrole nitrogens is 1. The van der Waals surface area contributed by atoms with Gasteiger partial charge in [0.05, 0.1) is 16.6 Å². The number of carbonyl (C=O) groups is 1. The van der Waals surface area contributed by atoms with E-state index < -0.39 is 23.1 Å². The van der Waals surface area contributed by atoms with Crippen LogP contribution in [0, 0.1) is 0 Å². The number of thioether (sulfide) groups is 1. The van der Waals surface area contributed by atoms with Crippen molar-refractivity contribution in [2.24, 2.45) is 0 Å². The van der Waals surface area contributed by atoms with Gasteiger partial charge >= 0.3 is 6.18 Å². The Labute approximate surface area is 116 Å². The smallest absolute Gasteiger partial charge is 0.321 e. The molecule has 2 rings (SSSR count). The monoisotopic (exact) mass is 301 g/mol. The minimum Gasteiger partial charge on any atom is -0.321 e. The van der Waals surface area contributed by atoms with Crippen molar-refractivity contribution >= 4 is 28.4 Å². The number of rotatable bonds is 2. The first-order valence-corrected chi connectivity index (χ1v) is 6.81. The third-order valence-electron chi connectivity index (χ3n) is 2.86. The molecule has 0 fully saturated rings. The standard InChI is InChI=1S/C13H10F3NO2S/c1-6(18)9-11(20-2)7-4-3-5-8(13(14,15)16)10(7)17-12(9)19/h3-5H,1-2H3,(H,17,19). The van der Waals surface area contributed by atoms with Crippen LogP contribution in [-0.2, 0) is 6.18 Å². The summed E-state index contributed by atoms with van der Waals surface area (Å²) < 4.78 is 38.8. The van der Waals surface area contributed by atoms with Crippen molar-refractivity contribution in [2.75, 3.05) is 6.26 Å². The maximum atomic E-state index is 12.9. The predicted octanol–water partition coefficient (Wildman–Crippen LogP) is 3.47. The Bertz CT molecular complexity index is 750. The lowest BCUT2D eigenvalue weighted by Crippen LogP contribution is -2.19. The Kier molecular flexibility index (Phi) is 3.64. The number of hydrogen-bond donors (Lipinski definition) is 1. The number of Topliss-reactive ketones (excluding diaryl/α,β-unsaturated/α-hetero) is 1. The maximum Gasteiger partial charge on any atom is 0.418 e. The highest BCUT2D eigenvalue weighted by Gasteiger charge is 2.33. The van der Waals surface area contributed by atoms with E-state index in [9.17, 15) is 22.8 Å². The Balaban J connectivity index is 2.99. The first kappa shape index (κ1) is 14.6. The number of ketones is 1. The lowest BCUT2D eigenvalue weighted by molar-refractivity contribution is -0.136. The molecule has 1 aromatic heterocycles. The topological polar surface area (TPSA) is 49.9 Å². The fourth-order valence-corrected chi connectivity index (χ4v) is 2.89. The first-order chi connectivity index (χ1) is 9.27. The van der Waals surface area contributed by atoms with Crippen molar-refractivity contribution in [2.45, 2.75) is 18.0 Å². The van der Waals surface area contributed by atoms with Gasteiger partial charge in [0, 0.05) is 10.3 Å². The molecule has 1 aromatic carbocycles. The van der Waals surface area contributed by atoms with Gasteiger partial charge in [-0.2, -0.15) is 13.2 Å². The number of nitrogens with one attached hydrogen (secondary N) is 1. The second kappa shape index (κ2) is 4.97. The summed E-state index contributed by atoms with van der Waals surface area (Å²) in [6.45, 7) is 1.21. The highest BCUT2D eigenvalue weighted by Crippen LogP contribution is 2.36. The number of aromatic amines is 1. The second-order valence-electron chi connectivity index (χ2n) is 4.14. The number of halogens is 3. The number of benzene rings is 1. The molecule has 0 aliphatic heterocycles. The van der Waals surface area contributed by atoms with E-state index in [1.54, 1.807) is 6.26 Å². The van der Waals surface area contributed by atoms with Gasteiger partial charge in [0.1, 0.15) is 0 Å². The molecule has 106 valence electrons. The normalized spacial score (nSPS) is 11.8. The maximum absolute atomic E-state index is 12.9. The van der Waals surface area contributed by atoms with Gasteiger partial charge in [0.15, 0.2) is 5.78 Å². The van der Waals surface area contributed by atoms with Crippen LogP contribution >= 0.6 is 11.8 Å². The molecule has 0 spiro atoms. The first-order valence-electron chi connectivity index (χ1n) is 5.58. The number of aromatic nitrogens is 1. The molecule has 0 saturated carbocycles. The number of carbonyl (C=O) groups excluding carboxylic acids is 1. The molecule has 2 aromatic rings. The quantitative estimate of drug-likeness (QED) is 0.682. The molecule has 0 aliphatic carbocycles. The van der Waals surface area contributed by atoms with E-state index in [4.69, 9.17) is 0 Å². The molecule has 0 amide bonds. The lowest BCUT2D eigenvalue weighted by atomic mass is 10.1. The third-order valence-corrected chi connectivity index (χ3v) is 3.70. The molecule has 0 atom stereocenters. The molecule has 0 unspecified atom stereocenters. The molecule has 0 saturated heterocycles. The van der Waals surface area contributed by atoms with Gasteiger partial charge in [-0.25, -0.2) is 0 Å². The minimum absolute atomic E-state index is 0.107. The predicted molar refractivity (Wildman–Crippen MR) is 71.4 cm³/mol. The average Bonchev–Trinajstić information content (AvgIpc) is 2.34. The van der Waals surface area contributed by atoms with E-state index >= 15 is 0 Å². The summed E-state index contributed by atoms with van der Waals surface area (Å²) in [5.74, 6) is -0.477. The van der Waals surface area contributed by atoms with Crippen LogP contribution in [0.4, 0.5) is 13.2 Å². The molecular formula is C13H10F3NO2S. The van der Waals surface area contributed by atoms with Crippen LogP contribution in [0.2, 0.25) is 0 Å². The molecule has 1 N–H and O–H groups in total. The van der Waals surface area contributed by atoms with E-state index in [2.05, 4.69) is 4.98 Å². The van der Waals surface area contributed by atoms with Gasteiger partial charge in [-0.1, -0.05) is 12.1 Å². The zero-order valence-electron chi connectivity index (χ0n) is 10.6. The highest BCUT2D eigenvalue weighted by molar-refractivity contribution is 7.99. The molecule has 0 aliphatic rings. The van der Waals surface area contributed by atoms with Crippen molar-refractivity contribution in [1.82, 2.24) is 4.98 Å². The SMILES string of the molecule is CSc1c(C(C)=O)c(=O)[nH]c2c(C(F)(F)F)cccc12. The number of pyridine rings is 1. The summed E-state index contributed by atoms with van der Waals surface area (Å²) in [4.78, 5) is 25.8. The minimum atomic E-state index is -4.57. The molecule has 1 heterocycles. The van der Waals surface area contributed by atoms with Crippen molar-refractivity contribution < 1.29 is 18.0 Å². The molecule has 3 nitrogen and oxygen atoms in total. The van der Waals surface area contributed by atoms with Gasteiger partial charge in [-0.15, -0.1) is 11.8 Å². The average molecular weight is 301 g/mol. The number of hydrogen-bond acceptors (Lipinski definition) is 3. The zero-order valence-corrected chi connectivity index (χ0v) is 11.4. The Morgan fingerprint density at radius 3 is 2.45 bits per heavy atom. The van der Waals surface area contributed by atoms with Crippen LogP contribution in [0.15, 0.2) is 27.9 Å². The summed E-state index contributed by atoms with van der Waals surface area (Å²) in [5.41, 5.74) is -2.12. The number of para-hydroxylation sites is 1. The summed E-state index contributed by atoms with van der Waals surface area (Å²) in [6.07, 6.45) is -2.96. The van der Waals surface area contributed by atoms with Crippen molar-refractivity contribution in [3.8, 4) is 0 Å². The summed E-state index contributed by atoms with van der Waals surface area (Å²) in [6, 6.07) is 3.61. The van der Waals surface area contributed by atoms with Crippen LogP contribution in [-0.4, -0.2) is 17.0 Å². The molecule has 20 heavy (non-hydrogen) atoms. The van der Waals surface area contributed by atoms with Crippen LogP contribution < -0.4 is 5.56 Å². The van der Waals surface area contributed by atoms with Gasteiger partial charge < -0.3 is 4.98 Å². The molecule has 0 radical (unpaired) electrons. The highest BCUT2D eigenvalue weighted by atomic mass is 32.2. The number of alkyl halides is 3. The van der Waals surface area contributed by atoms with Gasteiger partial charge in [-0.05, 0) is 19.2 Å². The van der Waals surface area contributed by atoms with Gasteiger partial charge in [0.2, 0.25) is 0 Å². The summed E-state index contributed by atoms with van der Waals surface area (Å²) in [5, 5.41) is 0.220. The lowest BCUT2D eigenvalue weighted by Gasteiger charge is -2.13. The molecule has 0 bridgehead atoms. The largest absolute Gasteiger partial charge is 0.418 e. The van der Waals surface area contributed by atoms with Crippen LogP contribution in [0.5, 0.6) is 0 Å². The Hall–Kier alpha value is -1.76. The fraction of sp³-hybridized carbons (Fsp3) is 0.231. The summed E-state index contributed by atoms with van der Waals surface area (Å²) >= 11 is 1.08. The molecule has 7 heteroatoms. The Morgan fingerprint density at radius 2 is 1.95 bits per heavy atom. The van der Waals surface area contributed by atoms with Gasteiger partial charge in [-0.3, -0.25) is 9.59 Å². The van der Waals surface area contributed by atoms with E-state index in [1.807, 2.05) is 0 Å². The molecular weight excluding hydrogens is 291 g/mol. The third kappa shape index (κ3) is 2.33. The Morgan fingerprint density at radius 1 is 1.30 bits per heavy atom. The van der Waals surface area contributed by atoms with Crippen LogP contribution in [0.3, 0.4) is 0 Å². The van der Waals surface area contributed by atoms with Crippen molar-refractivity contribution in [3.63, 3.8) is 0 Å². The van der Waals surface area contributed by atoms with E-state index in [0.29, 0.717) is 0 Å². The summed E-state index contributed by atoms with van der Waals surface area (Å²) in [7, 11) is 0. The fourth-order valence-electron chi connectivity index (χ4n) is 2.06. The van der Waals surface area contributed by atoms with E-state index in [-0.39, 0.29) is 21.4 Å².